The molecule has 4 N–H and O–H groups in total. The summed E-state index contributed by atoms with van der Waals surface area (Å²) in [7, 11) is 0. The first kappa shape index (κ1) is 16.2. The van der Waals surface area contributed by atoms with Gasteiger partial charge < -0.3 is 16.2 Å². The molecule has 104 valence electrons. The van der Waals surface area contributed by atoms with Crippen molar-refractivity contribution in [2.75, 3.05) is 0 Å². The number of amides is 2. The zero-order valence-corrected chi connectivity index (χ0v) is 9.29. The van der Waals surface area contributed by atoms with Gasteiger partial charge >= 0.3 is 12.1 Å². The number of aliphatic carboxylic acids is 1. The van der Waals surface area contributed by atoms with Crippen LogP contribution in [0.15, 0.2) is 0 Å². The number of carbonyl (C=O) groups excluding carboxylic acids is 2. The third-order valence-electron chi connectivity index (χ3n) is 1.95. The van der Waals surface area contributed by atoms with E-state index in [2.05, 4.69) is 0 Å². The number of hydrogen-bond donors (Lipinski definition) is 3. The fourth-order valence-corrected chi connectivity index (χ4v) is 1.07. The highest BCUT2D eigenvalue weighted by Gasteiger charge is 2.29. The lowest BCUT2D eigenvalue weighted by Gasteiger charge is -2.14. The topological polar surface area (TPSA) is 109 Å². The molecular weight excluding hydrogens is 257 g/mol. The highest BCUT2D eigenvalue weighted by Crippen LogP contribution is 2.21. The number of nitrogens with two attached hydrogens (primary N) is 1. The van der Waals surface area contributed by atoms with E-state index >= 15 is 0 Å². The van der Waals surface area contributed by atoms with Crippen LogP contribution in [-0.4, -0.2) is 35.1 Å². The molecule has 0 aliphatic rings. The van der Waals surface area contributed by atoms with E-state index in [4.69, 9.17) is 10.8 Å². The molecule has 2 amide bonds. The Balaban J connectivity index is 4.20. The van der Waals surface area contributed by atoms with Gasteiger partial charge in [0, 0.05) is 12.8 Å². The second-order valence-electron chi connectivity index (χ2n) is 3.58. The van der Waals surface area contributed by atoms with Crippen molar-refractivity contribution in [2.24, 2.45) is 5.73 Å². The Morgan fingerprint density at radius 1 is 1.22 bits per heavy atom. The van der Waals surface area contributed by atoms with Crippen molar-refractivity contribution >= 4 is 17.8 Å². The smallest absolute Gasteiger partial charge is 0.389 e. The third-order valence-corrected chi connectivity index (χ3v) is 1.95. The van der Waals surface area contributed by atoms with E-state index in [9.17, 15) is 27.6 Å². The van der Waals surface area contributed by atoms with Crippen molar-refractivity contribution in [1.29, 1.82) is 0 Å². The van der Waals surface area contributed by atoms with Gasteiger partial charge in [0.15, 0.2) is 0 Å². The quantitative estimate of drug-likeness (QED) is 0.612. The normalized spacial score (nSPS) is 12.8. The van der Waals surface area contributed by atoms with Crippen molar-refractivity contribution in [2.45, 2.75) is 37.9 Å². The lowest BCUT2D eigenvalue weighted by Crippen LogP contribution is -2.41. The maximum absolute atomic E-state index is 11.8. The number of rotatable bonds is 7. The summed E-state index contributed by atoms with van der Waals surface area (Å²) in [5, 5.41) is 10.6. The number of carbonyl (C=O) groups is 3. The standard InChI is InChI=1S/C9H13F3N2O4/c10-9(11,12)4-3-7(16)14-5(8(17)18)1-2-6(13)15/h5H,1-4H2,(H2,13,15)(H,14,16)(H,17,18)/t5-/m1/s1. The molecule has 0 aromatic carbocycles. The van der Waals surface area contributed by atoms with E-state index in [-0.39, 0.29) is 12.8 Å². The Labute approximate surface area is 100 Å². The molecule has 0 aliphatic carbocycles. The molecule has 0 bridgehead atoms. The molecule has 0 aromatic heterocycles. The molecule has 0 saturated heterocycles. The van der Waals surface area contributed by atoms with Crippen LogP contribution in [0.25, 0.3) is 0 Å². The Morgan fingerprint density at radius 3 is 2.17 bits per heavy atom. The van der Waals surface area contributed by atoms with Crippen LogP contribution in [-0.2, 0) is 14.4 Å². The summed E-state index contributed by atoms with van der Waals surface area (Å²) in [4.78, 5) is 32.2. The minimum atomic E-state index is -4.48. The van der Waals surface area contributed by atoms with Gasteiger partial charge in [0.25, 0.3) is 0 Å². The summed E-state index contributed by atoms with van der Waals surface area (Å²) in [5.74, 6) is -3.23. The molecule has 18 heavy (non-hydrogen) atoms. The second-order valence-corrected chi connectivity index (χ2v) is 3.58. The van der Waals surface area contributed by atoms with Crippen LogP contribution in [0.4, 0.5) is 13.2 Å². The highest BCUT2D eigenvalue weighted by atomic mass is 19.4. The SMILES string of the molecule is NC(=O)CC[C@@H](NC(=O)CCC(F)(F)F)C(=O)O. The molecule has 0 rings (SSSR count). The largest absolute Gasteiger partial charge is 0.480 e. The first-order chi connectivity index (χ1) is 8.11. The Hall–Kier alpha value is -1.80. The molecule has 0 fully saturated rings. The maximum Gasteiger partial charge on any atom is 0.389 e. The molecular formula is C9H13F3N2O4. The van der Waals surface area contributed by atoms with Crippen molar-refractivity contribution < 1.29 is 32.7 Å². The van der Waals surface area contributed by atoms with Gasteiger partial charge in [-0.1, -0.05) is 0 Å². The van der Waals surface area contributed by atoms with E-state index in [1.165, 1.54) is 0 Å². The second kappa shape index (κ2) is 6.82. The number of nitrogens with one attached hydrogen (secondary N) is 1. The number of hydrogen-bond acceptors (Lipinski definition) is 3. The van der Waals surface area contributed by atoms with Crippen molar-refractivity contribution in [3.8, 4) is 0 Å². The zero-order chi connectivity index (χ0) is 14.3. The summed E-state index contributed by atoms with van der Waals surface area (Å²) in [6, 6.07) is -1.42. The van der Waals surface area contributed by atoms with Gasteiger partial charge in [0.05, 0.1) is 6.42 Å². The van der Waals surface area contributed by atoms with E-state index in [1.54, 1.807) is 0 Å². The molecule has 0 spiro atoms. The van der Waals surface area contributed by atoms with E-state index < -0.39 is 42.8 Å². The predicted octanol–water partition coefficient (Wildman–Crippen LogP) is 0.164. The molecule has 9 heteroatoms. The Bertz CT molecular complexity index is 330. The van der Waals surface area contributed by atoms with Crippen molar-refractivity contribution in [1.82, 2.24) is 5.32 Å². The molecule has 6 nitrogen and oxygen atoms in total. The van der Waals surface area contributed by atoms with Crippen LogP contribution in [0.3, 0.4) is 0 Å². The molecule has 1 atom stereocenters. The van der Waals surface area contributed by atoms with Crippen molar-refractivity contribution in [3.05, 3.63) is 0 Å². The monoisotopic (exact) mass is 270 g/mol. The van der Waals surface area contributed by atoms with Crippen LogP contribution in [0, 0.1) is 0 Å². The fourth-order valence-electron chi connectivity index (χ4n) is 1.07. The first-order valence-corrected chi connectivity index (χ1v) is 4.99. The van der Waals surface area contributed by atoms with Gasteiger partial charge in [-0.15, -0.1) is 0 Å². The average Bonchev–Trinajstić information content (AvgIpc) is 2.19. The van der Waals surface area contributed by atoms with Crippen LogP contribution in [0.2, 0.25) is 0 Å². The summed E-state index contributed by atoms with van der Waals surface area (Å²) < 4.78 is 35.4. The molecule has 0 heterocycles. The van der Waals surface area contributed by atoms with Gasteiger partial charge in [0.2, 0.25) is 11.8 Å². The Morgan fingerprint density at radius 2 is 1.78 bits per heavy atom. The summed E-state index contributed by atoms with van der Waals surface area (Å²) in [5.41, 5.74) is 4.79. The van der Waals surface area contributed by atoms with Crippen LogP contribution in [0.5, 0.6) is 0 Å². The maximum atomic E-state index is 11.8. The zero-order valence-electron chi connectivity index (χ0n) is 9.29. The van der Waals surface area contributed by atoms with Gasteiger partial charge in [-0.25, -0.2) is 4.79 Å². The molecule has 0 saturated carbocycles. The van der Waals surface area contributed by atoms with Gasteiger partial charge in [-0.2, -0.15) is 13.2 Å². The number of halogens is 3. The predicted molar refractivity (Wildman–Crippen MR) is 53.3 cm³/mol. The van der Waals surface area contributed by atoms with Gasteiger partial charge in [-0.3, -0.25) is 9.59 Å². The fraction of sp³-hybridized carbons (Fsp3) is 0.667. The van der Waals surface area contributed by atoms with Crippen molar-refractivity contribution in [3.63, 3.8) is 0 Å². The van der Waals surface area contributed by atoms with Crippen LogP contribution in [0.1, 0.15) is 25.7 Å². The highest BCUT2D eigenvalue weighted by molar-refractivity contribution is 5.84. The van der Waals surface area contributed by atoms with Gasteiger partial charge in [0.1, 0.15) is 6.04 Å². The van der Waals surface area contributed by atoms with E-state index in [1.807, 2.05) is 5.32 Å². The minimum Gasteiger partial charge on any atom is -0.480 e. The number of alkyl halides is 3. The molecule has 0 aliphatic heterocycles. The van der Waals surface area contributed by atoms with Crippen LogP contribution < -0.4 is 11.1 Å². The lowest BCUT2D eigenvalue weighted by molar-refractivity contribution is -0.147. The number of carboxylic acid groups (broad SMARTS) is 1. The third kappa shape index (κ3) is 8.36. The summed E-state index contributed by atoms with van der Waals surface area (Å²) in [6.07, 6.45) is -7.22. The van der Waals surface area contributed by atoms with Gasteiger partial charge in [-0.05, 0) is 6.42 Å². The molecule has 0 radical (unpaired) electrons. The minimum absolute atomic E-state index is 0.261. The van der Waals surface area contributed by atoms with E-state index in [0.29, 0.717) is 0 Å². The Kier molecular flexibility index (Phi) is 6.14. The molecule has 0 unspecified atom stereocenters. The summed E-state index contributed by atoms with van der Waals surface area (Å²) >= 11 is 0. The average molecular weight is 270 g/mol. The first-order valence-electron chi connectivity index (χ1n) is 4.99. The number of carboxylic acids is 1. The lowest BCUT2D eigenvalue weighted by atomic mass is 10.1. The van der Waals surface area contributed by atoms with Crippen LogP contribution >= 0.6 is 0 Å². The van der Waals surface area contributed by atoms with E-state index in [0.717, 1.165) is 0 Å². The molecule has 0 aromatic rings. The number of primary amides is 1. The summed E-state index contributed by atoms with van der Waals surface area (Å²) in [6.45, 7) is 0.